The molecule has 3 nitrogen and oxygen atoms in total. The highest BCUT2D eigenvalue weighted by Gasteiger charge is 2.19. The zero-order valence-electron chi connectivity index (χ0n) is 12.0. The predicted molar refractivity (Wildman–Crippen MR) is 84.7 cm³/mol. The Kier molecular flexibility index (Phi) is 4.39. The van der Waals surface area contributed by atoms with Crippen molar-refractivity contribution in [1.29, 1.82) is 0 Å². The molecule has 1 N–H and O–H groups in total. The molecule has 3 rings (SSSR count). The van der Waals surface area contributed by atoms with Gasteiger partial charge in [-0.15, -0.1) is 0 Å². The molecule has 1 aromatic carbocycles. The lowest BCUT2D eigenvalue weighted by Gasteiger charge is -2.27. The van der Waals surface area contributed by atoms with Crippen molar-refractivity contribution >= 4 is 21.6 Å². The fourth-order valence-corrected chi connectivity index (χ4v) is 3.45. The van der Waals surface area contributed by atoms with Crippen molar-refractivity contribution in [2.24, 2.45) is 11.8 Å². The van der Waals surface area contributed by atoms with E-state index >= 15 is 0 Å². The van der Waals surface area contributed by atoms with E-state index in [-0.39, 0.29) is 0 Å². The maximum Gasteiger partial charge on any atom is 0.163 e. The van der Waals surface area contributed by atoms with E-state index in [4.69, 9.17) is 9.47 Å². The molecular formula is C16H22BrNO2. The van der Waals surface area contributed by atoms with Crippen LogP contribution in [0.2, 0.25) is 0 Å². The fourth-order valence-electron chi connectivity index (χ4n) is 2.99. The zero-order chi connectivity index (χ0) is 13.9. The second kappa shape index (κ2) is 6.25. The van der Waals surface area contributed by atoms with Gasteiger partial charge in [0.05, 0.1) is 5.69 Å². The van der Waals surface area contributed by atoms with Crippen LogP contribution in [-0.2, 0) is 0 Å². The SMILES string of the molecule is CC1CCC(CNc2cc3c(cc2Br)OCCO3)CC1. The van der Waals surface area contributed by atoms with E-state index < -0.39 is 0 Å². The molecule has 1 heterocycles. The maximum atomic E-state index is 5.64. The number of halogens is 1. The van der Waals surface area contributed by atoms with Gasteiger partial charge in [0.15, 0.2) is 11.5 Å². The summed E-state index contributed by atoms with van der Waals surface area (Å²) < 4.78 is 12.3. The lowest BCUT2D eigenvalue weighted by Crippen LogP contribution is -2.20. The highest BCUT2D eigenvalue weighted by molar-refractivity contribution is 9.10. The minimum Gasteiger partial charge on any atom is -0.486 e. The summed E-state index contributed by atoms with van der Waals surface area (Å²) in [5.41, 5.74) is 1.10. The van der Waals surface area contributed by atoms with Crippen molar-refractivity contribution in [2.45, 2.75) is 32.6 Å². The van der Waals surface area contributed by atoms with Gasteiger partial charge >= 0.3 is 0 Å². The van der Waals surface area contributed by atoms with E-state index in [0.717, 1.165) is 40.0 Å². The molecule has 110 valence electrons. The first-order valence-electron chi connectivity index (χ1n) is 7.55. The summed E-state index contributed by atoms with van der Waals surface area (Å²) in [5.74, 6) is 3.39. The summed E-state index contributed by atoms with van der Waals surface area (Å²) in [7, 11) is 0. The Labute approximate surface area is 129 Å². The molecule has 0 aromatic heterocycles. The van der Waals surface area contributed by atoms with Gasteiger partial charge in [0, 0.05) is 23.2 Å². The number of hydrogen-bond donors (Lipinski definition) is 1. The smallest absolute Gasteiger partial charge is 0.163 e. The Morgan fingerprint density at radius 3 is 2.45 bits per heavy atom. The van der Waals surface area contributed by atoms with Gasteiger partial charge in [0.1, 0.15) is 13.2 Å². The molecule has 0 amide bonds. The molecule has 0 radical (unpaired) electrons. The average molecular weight is 340 g/mol. The number of nitrogens with one attached hydrogen (secondary N) is 1. The van der Waals surface area contributed by atoms with E-state index in [2.05, 4.69) is 28.2 Å². The van der Waals surface area contributed by atoms with Crippen LogP contribution in [0.1, 0.15) is 32.6 Å². The molecule has 1 saturated carbocycles. The molecule has 1 aromatic rings. The molecule has 0 unspecified atom stereocenters. The quantitative estimate of drug-likeness (QED) is 0.881. The van der Waals surface area contributed by atoms with Crippen LogP contribution >= 0.6 is 15.9 Å². The first kappa shape index (κ1) is 14.1. The third-order valence-corrected chi connectivity index (χ3v) is 5.00. The van der Waals surface area contributed by atoms with Crippen molar-refractivity contribution in [3.05, 3.63) is 16.6 Å². The number of benzene rings is 1. The van der Waals surface area contributed by atoms with Crippen molar-refractivity contribution < 1.29 is 9.47 Å². The summed E-state index contributed by atoms with van der Waals surface area (Å²) in [5, 5.41) is 3.57. The van der Waals surface area contributed by atoms with Gasteiger partial charge in [-0.3, -0.25) is 0 Å². The molecule has 0 atom stereocenters. The molecule has 1 fully saturated rings. The Balaban J connectivity index is 1.62. The summed E-state index contributed by atoms with van der Waals surface area (Å²) >= 11 is 3.61. The van der Waals surface area contributed by atoms with Crippen LogP contribution in [0, 0.1) is 11.8 Å². The summed E-state index contributed by atoms with van der Waals surface area (Å²) in [6.07, 6.45) is 5.43. The Morgan fingerprint density at radius 2 is 1.75 bits per heavy atom. The van der Waals surface area contributed by atoms with Gasteiger partial charge in [-0.2, -0.15) is 0 Å². The Bertz CT molecular complexity index is 470. The second-order valence-corrected chi connectivity index (χ2v) is 6.84. The van der Waals surface area contributed by atoms with E-state index in [9.17, 15) is 0 Å². The van der Waals surface area contributed by atoms with Crippen LogP contribution in [0.15, 0.2) is 16.6 Å². The summed E-state index contributed by atoms with van der Waals surface area (Å²) in [6.45, 7) is 4.67. The minimum atomic E-state index is 0.631. The van der Waals surface area contributed by atoms with Crippen LogP contribution < -0.4 is 14.8 Å². The molecule has 1 aliphatic heterocycles. The van der Waals surface area contributed by atoms with Crippen LogP contribution in [0.25, 0.3) is 0 Å². The third kappa shape index (κ3) is 3.22. The number of hydrogen-bond acceptors (Lipinski definition) is 3. The van der Waals surface area contributed by atoms with Gasteiger partial charge < -0.3 is 14.8 Å². The van der Waals surface area contributed by atoms with Crippen molar-refractivity contribution in [3.8, 4) is 11.5 Å². The highest BCUT2D eigenvalue weighted by Crippen LogP contribution is 2.38. The molecule has 2 aliphatic rings. The topological polar surface area (TPSA) is 30.5 Å². The van der Waals surface area contributed by atoms with E-state index in [0.29, 0.717) is 13.2 Å². The van der Waals surface area contributed by atoms with E-state index in [1.165, 1.54) is 25.7 Å². The molecule has 0 bridgehead atoms. The molecule has 0 spiro atoms. The number of ether oxygens (including phenoxy) is 2. The first-order chi connectivity index (χ1) is 9.72. The Morgan fingerprint density at radius 1 is 1.10 bits per heavy atom. The third-order valence-electron chi connectivity index (χ3n) is 4.35. The van der Waals surface area contributed by atoms with Gasteiger partial charge in [0.25, 0.3) is 0 Å². The van der Waals surface area contributed by atoms with E-state index in [1.807, 2.05) is 12.1 Å². The first-order valence-corrected chi connectivity index (χ1v) is 8.34. The van der Waals surface area contributed by atoms with Crippen LogP contribution in [0.4, 0.5) is 5.69 Å². The molecule has 1 aliphatic carbocycles. The van der Waals surface area contributed by atoms with Crippen LogP contribution in [0.3, 0.4) is 0 Å². The largest absolute Gasteiger partial charge is 0.486 e. The number of anilines is 1. The van der Waals surface area contributed by atoms with Crippen molar-refractivity contribution in [2.75, 3.05) is 25.1 Å². The Hall–Kier alpha value is -0.900. The van der Waals surface area contributed by atoms with Crippen LogP contribution in [0.5, 0.6) is 11.5 Å². The molecule has 4 heteroatoms. The number of fused-ring (bicyclic) bond motifs is 1. The van der Waals surface area contributed by atoms with Crippen LogP contribution in [-0.4, -0.2) is 19.8 Å². The highest BCUT2D eigenvalue weighted by atomic mass is 79.9. The maximum absolute atomic E-state index is 5.64. The van der Waals surface area contributed by atoms with Gasteiger partial charge in [-0.25, -0.2) is 0 Å². The predicted octanol–water partition coefficient (Wildman–Crippen LogP) is 4.46. The summed E-state index contributed by atoms with van der Waals surface area (Å²) in [6, 6.07) is 4.05. The number of rotatable bonds is 3. The van der Waals surface area contributed by atoms with Gasteiger partial charge in [-0.1, -0.05) is 19.8 Å². The average Bonchev–Trinajstić information content (AvgIpc) is 2.47. The lowest BCUT2D eigenvalue weighted by atomic mass is 9.83. The normalized spacial score (nSPS) is 25.3. The zero-order valence-corrected chi connectivity index (χ0v) is 13.5. The molecule has 0 saturated heterocycles. The lowest BCUT2D eigenvalue weighted by molar-refractivity contribution is 0.171. The van der Waals surface area contributed by atoms with Gasteiger partial charge in [0.2, 0.25) is 0 Å². The van der Waals surface area contributed by atoms with Crippen molar-refractivity contribution in [3.63, 3.8) is 0 Å². The second-order valence-electron chi connectivity index (χ2n) is 5.98. The molecular weight excluding hydrogens is 318 g/mol. The van der Waals surface area contributed by atoms with Crippen molar-refractivity contribution in [1.82, 2.24) is 0 Å². The van der Waals surface area contributed by atoms with E-state index in [1.54, 1.807) is 0 Å². The fraction of sp³-hybridized carbons (Fsp3) is 0.625. The molecule has 20 heavy (non-hydrogen) atoms. The monoisotopic (exact) mass is 339 g/mol. The summed E-state index contributed by atoms with van der Waals surface area (Å²) in [4.78, 5) is 0. The van der Waals surface area contributed by atoms with Gasteiger partial charge in [-0.05, 0) is 40.6 Å². The standard InChI is InChI=1S/C16H22BrNO2/c1-11-2-4-12(5-3-11)10-18-14-9-16-15(8-13(14)17)19-6-7-20-16/h8-9,11-12,18H,2-7,10H2,1H3. The minimum absolute atomic E-state index is 0.631.